The molecule has 0 aliphatic heterocycles. The first-order valence-electron chi connectivity index (χ1n) is 5.12. The number of hydrogen-bond donors (Lipinski definition) is 0. The highest BCUT2D eigenvalue weighted by Crippen LogP contribution is 2.30. The molecular weight excluding hydrogens is 188 g/mol. The van der Waals surface area contributed by atoms with E-state index in [-0.39, 0.29) is 0 Å². The van der Waals surface area contributed by atoms with Crippen LogP contribution in [0.4, 0.5) is 0 Å². The fraction of sp³-hybridized carbons (Fsp3) is 0.385. The predicted molar refractivity (Wildman–Crippen MR) is 64.8 cm³/mol. The average molecular weight is 204 g/mol. The Morgan fingerprint density at radius 2 is 2.07 bits per heavy atom. The Morgan fingerprint density at radius 1 is 1.29 bits per heavy atom. The van der Waals surface area contributed by atoms with Crippen LogP contribution in [0.5, 0.6) is 0 Å². The molecule has 2 rings (SSSR count). The molecule has 1 aromatic carbocycles. The van der Waals surface area contributed by atoms with Gasteiger partial charge in [-0.3, -0.25) is 0 Å². The van der Waals surface area contributed by atoms with Gasteiger partial charge in [-0.15, -0.1) is 11.8 Å². The van der Waals surface area contributed by atoms with Gasteiger partial charge in [0.2, 0.25) is 0 Å². The van der Waals surface area contributed by atoms with E-state index in [1.807, 2.05) is 11.8 Å². The van der Waals surface area contributed by atoms with E-state index in [0.717, 1.165) is 6.42 Å². The lowest BCUT2D eigenvalue weighted by Crippen LogP contribution is -1.88. The van der Waals surface area contributed by atoms with Crippen molar-refractivity contribution in [2.75, 3.05) is 0 Å². The Labute approximate surface area is 90.4 Å². The van der Waals surface area contributed by atoms with Crippen molar-refractivity contribution in [2.24, 2.45) is 0 Å². The Morgan fingerprint density at radius 3 is 2.79 bits per heavy atom. The molecule has 0 heterocycles. The zero-order chi connectivity index (χ0) is 10.1. The molecule has 0 fully saturated rings. The lowest BCUT2D eigenvalue weighted by atomic mass is 10.1. The highest BCUT2D eigenvalue weighted by molar-refractivity contribution is 7.99. The highest BCUT2D eigenvalue weighted by atomic mass is 32.2. The third-order valence-electron chi connectivity index (χ3n) is 2.36. The number of benzene rings is 1. The van der Waals surface area contributed by atoms with Gasteiger partial charge in [0, 0.05) is 10.1 Å². The zero-order valence-corrected chi connectivity index (χ0v) is 9.82. The summed E-state index contributed by atoms with van der Waals surface area (Å²) in [5.74, 6) is 0. The van der Waals surface area contributed by atoms with Crippen molar-refractivity contribution in [3.63, 3.8) is 0 Å². The monoisotopic (exact) mass is 204 g/mol. The number of hydrogen-bond acceptors (Lipinski definition) is 1. The maximum atomic E-state index is 2.32. The second kappa shape index (κ2) is 3.82. The highest BCUT2D eigenvalue weighted by Gasteiger charge is 2.10. The van der Waals surface area contributed by atoms with Gasteiger partial charge in [0.15, 0.2) is 0 Å². The molecule has 0 amide bonds. The molecular formula is C13H16S. The van der Waals surface area contributed by atoms with Crippen molar-refractivity contribution in [3.05, 3.63) is 34.9 Å². The molecule has 0 saturated carbocycles. The van der Waals surface area contributed by atoms with Gasteiger partial charge in [-0.1, -0.05) is 31.6 Å². The molecule has 0 atom stereocenters. The maximum Gasteiger partial charge on any atom is 0.00807 e. The smallest absolute Gasteiger partial charge is 0.00807 e. The molecule has 74 valence electrons. The SMILES string of the molecule is CC1=Cc2cc(SC(C)C)ccc2C1. The van der Waals surface area contributed by atoms with Gasteiger partial charge < -0.3 is 0 Å². The van der Waals surface area contributed by atoms with E-state index in [4.69, 9.17) is 0 Å². The molecule has 1 aromatic rings. The first-order valence-corrected chi connectivity index (χ1v) is 6.00. The average Bonchev–Trinajstić information content (AvgIpc) is 2.42. The second-order valence-electron chi connectivity index (χ2n) is 4.19. The number of thioether (sulfide) groups is 1. The number of fused-ring (bicyclic) bond motifs is 1. The maximum absolute atomic E-state index is 2.32. The van der Waals surface area contributed by atoms with Crippen molar-refractivity contribution in [1.29, 1.82) is 0 Å². The topological polar surface area (TPSA) is 0 Å². The van der Waals surface area contributed by atoms with Crippen LogP contribution in [-0.2, 0) is 6.42 Å². The molecule has 1 aliphatic rings. The molecule has 0 unspecified atom stereocenters. The summed E-state index contributed by atoms with van der Waals surface area (Å²) in [5, 5.41) is 0.666. The fourth-order valence-corrected chi connectivity index (χ4v) is 2.72. The number of allylic oxidation sites excluding steroid dienone is 1. The predicted octanol–water partition coefficient (Wildman–Crippen LogP) is 4.15. The summed E-state index contributed by atoms with van der Waals surface area (Å²) in [6.45, 7) is 6.67. The summed E-state index contributed by atoms with van der Waals surface area (Å²) in [6.07, 6.45) is 3.45. The Hall–Kier alpha value is -0.690. The van der Waals surface area contributed by atoms with E-state index in [1.54, 1.807) is 0 Å². The van der Waals surface area contributed by atoms with Gasteiger partial charge in [0.05, 0.1) is 0 Å². The largest absolute Gasteiger partial charge is 0.123 e. The minimum atomic E-state index is 0.666. The standard InChI is InChI=1S/C13H16S/c1-9(2)14-13-5-4-11-6-10(3)7-12(11)8-13/h4-5,7-9H,6H2,1-3H3. The van der Waals surface area contributed by atoms with E-state index < -0.39 is 0 Å². The summed E-state index contributed by atoms with van der Waals surface area (Å²) in [6, 6.07) is 6.83. The van der Waals surface area contributed by atoms with Crippen molar-refractivity contribution < 1.29 is 0 Å². The molecule has 0 N–H and O–H groups in total. The van der Waals surface area contributed by atoms with Crippen LogP contribution < -0.4 is 0 Å². The van der Waals surface area contributed by atoms with Crippen LogP contribution in [0.1, 0.15) is 31.9 Å². The van der Waals surface area contributed by atoms with Gasteiger partial charge in [-0.2, -0.15) is 0 Å². The lowest BCUT2D eigenvalue weighted by Gasteiger charge is -2.06. The summed E-state index contributed by atoms with van der Waals surface area (Å²) >= 11 is 1.94. The first-order chi connectivity index (χ1) is 6.65. The summed E-state index contributed by atoms with van der Waals surface area (Å²) < 4.78 is 0. The zero-order valence-electron chi connectivity index (χ0n) is 9.00. The third-order valence-corrected chi connectivity index (χ3v) is 3.36. The van der Waals surface area contributed by atoms with Gasteiger partial charge in [-0.25, -0.2) is 0 Å². The molecule has 0 spiro atoms. The van der Waals surface area contributed by atoms with E-state index in [1.165, 1.54) is 21.6 Å². The van der Waals surface area contributed by atoms with Crippen LogP contribution in [-0.4, -0.2) is 5.25 Å². The number of rotatable bonds is 2. The Bertz CT molecular complexity index is 375. The molecule has 0 radical (unpaired) electrons. The van der Waals surface area contributed by atoms with Crippen molar-refractivity contribution in [3.8, 4) is 0 Å². The van der Waals surface area contributed by atoms with Crippen LogP contribution in [0.25, 0.3) is 6.08 Å². The first kappa shape index (κ1) is 9.85. The molecule has 0 nitrogen and oxygen atoms in total. The molecule has 1 aliphatic carbocycles. The van der Waals surface area contributed by atoms with E-state index in [2.05, 4.69) is 45.0 Å². The van der Waals surface area contributed by atoms with E-state index >= 15 is 0 Å². The fourth-order valence-electron chi connectivity index (χ4n) is 1.83. The van der Waals surface area contributed by atoms with Gasteiger partial charge in [0.1, 0.15) is 0 Å². The minimum absolute atomic E-state index is 0.666. The van der Waals surface area contributed by atoms with Crippen LogP contribution in [0.2, 0.25) is 0 Å². The van der Waals surface area contributed by atoms with Crippen molar-refractivity contribution >= 4 is 17.8 Å². The molecule has 1 heteroatoms. The van der Waals surface area contributed by atoms with Gasteiger partial charge in [-0.05, 0) is 36.6 Å². The Balaban J connectivity index is 2.27. The Kier molecular flexibility index (Phi) is 2.69. The molecule has 14 heavy (non-hydrogen) atoms. The lowest BCUT2D eigenvalue weighted by molar-refractivity contribution is 1.11. The molecule has 0 saturated heterocycles. The molecule has 0 bridgehead atoms. The second-order valence-corrected chi connectivity index (χ2v) is 5.84. The summed E-state index contributed by atoms with van der Waals surface area (Å²) in [5.41, 5.74) is 4.38. The summed E-state index contributed by atoms with van der Waals surface area (Å²) in [4.78, 5) is 1.39. The van der Waals surface area contributed by atoms with Crippen LogP contribution >= 0.6 is 11.8 Å². The van der Waals surface area contributed by atoms with Crippen LogP contribution in [0, 0.1) is 0 Å². The third kappa shape index (κ3) is 2.03. The van der Waals surface area contributed by atoms with E-state index in [9.17, 15) is 0 Å². The van der Waals surface area contributed by atoms with Gasteiger partial charge in [0.25, 0.3) is 0 Å². The van der Waals surface area contributed by atoms with E-state index in [0.29, 0.717) is 5.25 Å². The van der Waals surface area contributed by atoms with Crippen LogP contribution in [0.3, 0.4) is 0 Å². The van der Waals surface area contributed by atoms with Crippen molar-refractivity contribution in [1.82, 2.24) is 0 Å². The van der Waals surface area contributed by atoms with Gasteiger partial charge >= 0.3 is 0 Å². The quantitative estimate of drug-likeness (QED) is 0.652. The normalized spacial score (nSPS) is 14.4. The minimum Gasteiger partial charge on any atom is -0.123 e. The molecule has 0 aromatic heterocycles. The summed E-state index contributed by atoms with van der Waals surface area (Å²) in [7, 11) is 0. The van der Waals surface area contributed by atoms with Crippen LogP contribution in [0.15, 0.2) is 28.7 Å². The van der Waals surface area contributed by atoms with Crippen molar-refractivity contribution in [2.45, 2.75) is 37.3 Å².